The molecule has 2 aliphatic rings. The zero-order chi connectivity index (χ0) is 29.4. The molecule has 5 rings (SSSR count). The maximum atomic E-state index is 15.0. The van der Waals surface area contributed by atoms with Crippen LogP contribution < -0.4 is 4.83 Å². The molecule has 0 amide bonds. The first kappa shape index (κ1) is 31.0. The molecule has 6 nitrogen and oxygen atoms in total. The van der Waals surface area contributed by atoms with Crippen molar-refractivity contribution < 1.29 is 21.6 Å². The molecular formula is C31H39F3N4O2S. The van der Waals surface area contributed by atoms with Crippen molar-refractivity contribution in [2.45, 2.75) is 77.6 Å². The van der Waals surface area contributed by atoms with Crippen LogP contribution in [0.5, 0.6) is 0 Å². The van der Waals surface area contributed by atoms with Gasteiger partial charge in [0.2, 0.25) is 10.0 Å². The summed E-state index contributed by atoms with van der Waals surface area (Å²) in [5, 5.41) is 7.44. The lowest BCUT2D eigenvalue weighted by Gasteiger charge is -2.25. The molecule has 1 aromatic heterocycles. The van der Waals surface area contributed by atoms with E-state index in [0.717, 1.165) is 66.8 Å². The van der Waals surface area contributed by atoms with Crippen molar-refractivity contribution in [3.05, 3.63) is 87.8 Å². The lowest BCUT2D eigenvalue weighted by Crippen LogP contribution is -2.44. The minimum absolute atomic E-state index is 0.0859. The van der Waals surface area contributed by atoms with Gasteiger partial charge in [-0.1, -0.05) is 45.2 Å². The highest BCUT2D eigenvalue weighted by molar-refractivity contribution is 7.92. The molecule has 2 aromatic carbocycles. The van der Waals surface area contributed by atoms with E-state index in [1.54, 1.807) is 11.1 Å². The SMILES string of the molecule is CCC.O=S(=O)(/C=C/c1nn(-c2ccc(F)cc2F)c2c1CCCCC2Cc1cccc(F)c1)NN1CCCCC1. The number of hydrogen-bond acceptors (Lipinski definition) is 4. The van der Waals surface area contributed by atoms with Crippen LogP contribution in [0.15, 0.2) is 47.9 Å². The first-order valence-corrected chi connectivity index (χ1v) is 16.0. The summed E-state index contributed by atoms with van der Waals surface area (Å²) in [6.07, 6.45) is 9.31. The Hall–Kier alpha value is -2.95. The second-order valence-corrected chi connectivity index (χ2v) is 12.3. The fraction of sp³-hybridized carbons (Fsp3) is 0.452. The van der Waals surface area contributed by atoms with Gasteiger partial charge in [0.25, 0.3) is 0 Å². The second-order valence-electron chi connectivity index (χ2n) is 10.7. The first-order chi connectivity index (χ1) is 19.7. The van der Waals surface area contributed by atoms with Crippen molar-refractivity contribution in [2.75, 3.05) is 13.1 Å². The Morgan fingerprint density at radius 1 is 0.976 bits per heavy atom. The lowest BCUT2D eigenvalue weighted by molar-refractivity contribution is 0.201. The third kappa shape index (κ3) is 8.30. The number of nitrogens with zero attached hydrogens (tertiary/aromatic N) is 3. The summed E-state index contributed by atoms with van der Waals surface area (Å²) in [4.78, 5) is 2.61. The van der Waals surface area contributed by atoms with Gasteiger partial charge in [-0.3, -0.25) is 0 Å². The topological polar surface area (TPSA) is 67.2 Å². The molecule has 3 aromatic rings. The van der Waals surface area contributed by atoms with E-state index >= 15 is 0 Å². The smallest absolute Gasteiger partial charge is 0.234 e. The summed E-state index contributed by atoms with van der Waals surface area (Å²) in [6.45, 7) is 5.56. The molecule has 1 atom stereocenters. The van der Waals surface area contributed by atoms with E-state index < -0.39 is 21.7 Å². The Morgan fingerprint density at radius 3 is 2.41 bits per heavy atom. The molecule has 0 spiro atoms. The number of hydrazine groups is 1. The van der Waals surface area contributed by atoms with Gasteiger partial charge in [-0.05, 0) is 74.4 Å². The van der Waals surface area contributed by atoms with Crippen LogP contribution in [0.4, 0.5) is 13.2 Å². The highest BCUT2D eigenvalue weighted by Crippen LogP contribution is 2.37. The van der Waals surface area contributed by atoms with E-state index in [4.69, 9.17) is 0 Å². The summed E-state index contributed by atoms with van der Waals surface area (Å²) in [6, 6.07) is 9.71. The number of sulfonamides is 1. The van der Waals surface area contributed by atoms with Gasteiger partial charge in [0, 0.05) is 36.0 Å². The summed E-state index contributed by atoms with van der Waals surface area (Å²) in [7, 11) is -3.77. The maximum absolute atomic E-state index is 15.0. The number of hydrogen-bond donors (Lipinski definition) is 1. The summed E-state index contributed by atoms with van der Waals surface area (Å²) in [5.41, 5.74) is 2.90. The van der Waals surface area contributed by atoms with Crippen LogP contribution in [0.25, 0.3) is 11.8 Å². The van der Waals surface area contributed by atoms with E-state index in [0.29, 0.717) is 31.6 Å². The zero-order valence-electron chi connectivity index (χ0n) is 23.8. The van der Waals surface area contributed by atoms with Crippen LogP contribution in [0.3, 0.4) is 0 Å². The van der Waals surface area contributed by atoms with E-state index in [9.17, 15) is 21.6 Å². The molecule has 1 N–H and O–H groups in total. The van der Waals surface area contributed by atoms with E-state index in [1.807, 2.05) is 6.07 Å². The molecule has 0 bridgehead atoms. The Bertz CT molecular complexity index is 1450. The molecule has 2 heterocycles. The zero-order valence-corrected chi connectivity index (χ0v) is 24.6. The first-order valence-electron chi connectivity index (χ1n) is 14.5. The Balaban J connectivity index is 0.00000124. The Labute approximate surface area is 241 Å². The van der Waals surface area contributed by atoms with Crippen LogP contribution in [0, 0.1) is 17.5 Å². The van der Waals surface area contributed by atoms with Crippen molar-refractivity contribution >= 4 is 16.1 Å². The van der Waals surface area contributed by atoms with E-state index in [2.05, 4.69) is 23.8 Å². The molecule has 1 aliphatic carbocycles. The molecule has 0 saturated carbocycles. The third-order valence-electron chi connectivity index (χ3n) is 7.20. The average Bonchev–Trinajstić information content (AvgIpc) is 3.15. The van der Waals surface area contributed by atoms with Crippen LogP contribution >= 0.6 is 0 Å². The Kier molecular flexibility index (Phi) is 10.8. The van der Waals surface area contributed by atoms with Crippen LogP contribution in [-0.2, 0) is 22.9 Å². The molecule has 1 unspecified atom stereocenters. The van der Waals surface area contributed by atoms with Crippen LogP contribution in [0.1, 0.15) is 87.2 Å². The van der Waals surface area contributed by atoms with Crippen LogP contribution in [-0.4, -0.2) is 36.3 Å². The number of fused-ring (bicyclic) bond motifs is 1. The molecule has 1 fully saturated rings. The summed E-state index contributed by atoms with van der Waals surface area (Å²) in [5.74, 6) is -1.91. The van der Waals surface area contributed by atoms with Gasteiger partial charge in [0.15, 0.2) is 5.82 Å². The molecule has 41 heavy (non-hydrogen) atoms. The number of benzene rings is 2. The van der Waals surface area contributed by atoms with Gasteiger partial charge in [0.05, 0.1) is 11.4 Å². The predicted octanol–water partition coefficient (Wildman–Crippen LogP) is 7.05. The van der Waals surface area contributed by atoms with Gasteiger partial charge >= 0.3 is 0 Å². The standard InChI is InChI=1S/C28H31F3N4O2S.C3H8/c29-22-9-6-7-20(18-22)17-21-8-2-3-10-24-26(13-16-38(36,37)33-34-14-4-1-5-15-34)32-35(28(21)24)27-12-11-23(30)19-25(27)31;1-3-2/h6-7,9,11-13,16,18-19,21,33H,1-5,8,10,14-15,17H2;3H2,1-2H3/b16-13+;. The van der Waals surface area contributed by atoms with E-state index in [-0.39, 0.29) is 17.4 Å². The minimum atomic E-state index is -3.77. The van der Waals surface area contributed by atoms with Gasteiger partial charge in [-0.2, -0.15) is 5.10 Å². The van der Waals surface area contributed by atoms with Gasteiger partial charge in [0.1, 0.15) is 17.3 Å². The molecule has 10 heteroatoms. The Morgan fingerprint density at radius 2 is 1.71 bits per heavy atom. The molecule has 1 aliphatic heterocycles. The predicted molar refractivity (Wildman–Crippen MR) is 156 cm³/mol. The maximum Gasteiger partial charge on any atom is 0.246 e. The third-order valence-corrected chi connectivity index (χ3v) is 8.20. The number of aromatic nitrogens is 2. The van der Waals surface area contributed by atoms with Gasteiger partial charge < -0.3 is 0 Å². The van der Waals surface area contributed by atoms with Crippen molar-refractivity contribution in [1.82, 2.24) is 19.6 Å². The minimum Gasteiger partial charge on any atom is -0.234 e. The number of nitrogens with one attached hydrogen (secondary N) is 1. The highest BCUT2D eigenvalue weighted by Gasteiger charge is 2.29. The quantitative estimate of drug-likeness (QED) is 0.301. The number of piperidine rings is 1. The second kappa shape index (κ2) is 14.3. The summed E-state index contributed by atoms with van der Waals surface area (Å²) < 4.78 is 69.7. The van der Waals surface area contributed by atoms with Crippen LogP contribution in [0.2, 0.25) is 0 Å². The van der Waals surface area contributed by atoms with Crippen molar-refractivity contribution in [1.29, 1.82) is 0 Å². The van der Waals surface area contributed by atoms with Crippen molar-refractivity contribution in [3.8, 4) is 5.69 Å². The largest absolute Gasteiger partial charge is 0.246 e. The molecule has 1 saturated heterocycles. The fourth-order valence-corrected chi connectivity index (χ4v) is 6.36. The number of halogens is 3. The normalized spacial score (nSPS) is 18.0. The molecule has 222 valence electrons. The number of rotatable bonds is 7. The van der Waals surface area contributed by atoms with Crippen molar-refractivity contribution in [3.63, 3.8) is 0 Å². The summed E-state index contributed by atoms with van der Waals surface area (Å²) >= 11 is 0. The average molecular weight is 589 g/mol. The van der Waals surface area contributed by atoms with Gasteiger partial charge in [-0.15, -0.1) is 4.83 Å². The van der Waals surface area contributed by atoms with Crippen molar-refractivity contribution in [2.24, 2.45) is 0 Å². The monoisotopic (exact) mass is 588 g/mol. The van der Waals surface area contributed by atoms with Gasteiger partial charge in [-0.25, -0.2) is 31.3 Å². The molecular weight excluding hydrogens is 549 g/mol. The highest BCUT2D eigenvalue weighted by atomic mass is 32.2. The molecule has 0 radical (unpaired) electrons. The van der Waals surface area contributed by atoms with E-state index in [1.165, 1.54) is 41.4 Å². The fourth-order valence-electron chi connectivity index (χ4n) is 5.45. The lowest BCUT2D eigenvalue weighted by atomic mass is 9.91.